The van der Waals surface area contributed by atoms with E-state index in [9.17, 15) is 10.2 Å². The molecule has 0 unspecified atom stereocenters. The van der Waals surface area contributed by atoms with E-state index in [1.807, 2.05) is 27.7 Å². The van der Waals surface area contributed by atoms with Gasteiger partial charge in [0.25, 0.3) is 0 Å². The van der Waals surface area contributed by atoms with Gasteiger partial charge >= 0.3 is 0 Å². The smallest absolute Gasteiger partial charge is 0.0623 e. The van der Waals surface area contributed by atoms with Gasteiger partial charge in [0.2, 0.25) is 0 Å². The average Bonchev–Trinajstić information content (AvgIpc) is 1.46. The van der Waals surface area contributed by atoms with Gasteiger partial charge in [0.15, 0.2) is 0 Å². The fourth-order valence-electron chi connectivity index (χ4n) is 2.19. The second-order valence-electron chi connectivity index (χ2n) is 5.10. The summed E-state index contributed by atoms with van der Waals surface area (Å²) >= 11 is 0. The maximum atomic E-state index is 9.76. The van der Waals surface area contributed by atoms with Crippen LogP contribution in [-0.4, -0.2) is 21.4 Å². The molecule has 0 spiro atoms. The van der Waals surface area contributed by atoms with Gasteiger partial charge in [0, 0.05) is 0 Å². The number of hydrogen-bond acceptors (Lipinski definition) is 2. The van der Waals surface area contributed by atoms with Crippen molar-refractivity contribution >= 4 is 0 Å². The molecular weight excluding hydrogens is 152 g/mol. The molecule has 0 heterocycles. The third kappa shape index (κ3) is 1.80. The first kappa shape index (κ1) is 10.0. The van der Waals surface area contributed by atoms with Crippen LogP contribution in [0.5, 0.6) is 0 Å². The molecule has 0 aromatic rings. The lowest BCUT2D eigenvalue weighted by Crippen LogP contribution is -2.51. The Bertz CT molecular complexity index is 142. The molecule has 2 nitrogen and oxygen atoms in total. The van der Waals surface area contributed by atoms with Crippen molar-refractivity contribution in [3.05, 3.63) is 0 Å². The van der Waals surface area contributed by atoms with Crippen molar-refractivity contribution in [2.75, 3.05) is 0 Å². The second kappa shape index (κ2) is 2.71. The molecule has 72 valence electrons. The quantitative estimate of drug-likeness (QED) is 0.663. The Morgan fingerprint density at radius 3 is 1.17 bits per heavy atom. The fourth-order valence-corrected chi connectivity index (χ4v) is 2.19. The largest absolute Gasteiger partial charge is 0.390 e. The standard InChI is InChI=1S/C10H20O2/c1-9(2,11)7-5-6-8(7)10(3,4)12/h7-8,11-12H,5-6H2,1-4H3/t7-,8-/m0/s1. The van der Waals surface area contributed by atoms with Crippen LogP contribution in [0.1, 0.15) is 40.5 Å². The minimum atomic E-state index is -0.636. The van der Waals surface area contributed by atoms with Crippen molar-refractivity contribution in [3.8, 4) is 0 Å². The Balaban J connectivity index is 2.62. The molecule has 2 N–H and O–H groups in total. The highest BCUT2D eigenvalue weighted by atomic mass is 16.3. The SMILES string of the molecule is CC(C)(O)[C@H]1CC[C@@H]1C(C)(C)O. The minimum Gasteiger partial charge on any atom is -0.390 e. The summed E-state index contributed by atoms with van der Waals surface area (Å²) < 4.78 is 0. The van der Waals surface area contributed by atoms with Gasteiger partial charge < -0.3 is 10.2 Å². The van der Waals surface area contributed by atoms with Crippen LogP contribution in [0.3, 0.4) is 0 Å². The van der Waals surface area contributed by atoms with Crippen molar-refractivity contribution in [1.82, 2.24) is 0 Å². The zero-order chi connectivity index (χ0) is 9.57. The summed E-state index contributed by atoms with van der Waals surface area (Å²) in [5, 5.41) is 19.5. The third-order valence-corrected chi connectivity index (χ3v) is 3.09. The fraction of sp³-hybridized carbons (Fsp3) is 1.00. The summed E-state index contributed by atoms with van der Waals surface area (Å²) in [6.07, 6.45) is 2.08. The van der Waals surface area contributed by atoms with Gasteiger partial charge in [-0.25, -0.2) is 0 Å². The predicted octanol–water partition coefficient (Wildman–Crippen LogP) is 1.55. The molecule has 0 saturated heterocycles. The number of aliphatic hydroxyl groups is 2. The summed E-state index contributed by atoms with van der Waals surface area (Å²) in [4.78, 5) is 0. The van der Waals surface area contributed by atoms with E-state index in [-0.39, 0.29) is 11.8 Å². The van der Waals surface area contributed by atoms with Gasteiger partial charge in [-0.15, -0.1) is 0 Å². The zero-order valence-corrected chi connectivity index (χ0v) is 8.46. The van der Waals surface area contributed by atoms with Crippen LogP contribution in [0.25, 0.3) is 0 Å². The van der Waals surface area contributed by atoms with E-state index in [1.54, 1.807) is 0 Å². The topological polar surface area (TPSA) is 40.5 Å². The molecule has 0 aliphatic heterocycles. The van der Waals surface area contributed by atoms with Crippen molar-refractivity contribution in [2.45, 2.75) is 51.7 Å². The van der Waals surface area contributed by atoms with Crippen molar-refractivity contribution in [2.24, 2.45) is 11.8 Å². The summed E-state index contributed by atoms with van der Waals surface area (Å²) in [5.41, 5.74) is -1.27. The third-order valence-electron chi connectivity index (χ3n) is 3.09. The number of rotatable bonds is 2. The van der Waals surface area contributed by atoms with Crippen LogP contribution in [0.4, 0.5) is 0 Å². The van der Waals surface area contributed by atoms with Crippen molar-refractivity contribution in [1.29, 1.82) is 0 Å². The van der Waals surface area contributed by atoms with E-state index in [0.717, 1.165) is 12.8 Å². The maximum Gasteiger partial charge on any atom is 0.0623 e. The average molecular weight is 172 g/mol. The number of hydrogen-bond donors (Lipinski definition) is 2. The molecule has 1 rings (SSSR count). The molecule has 1 aliphatic rings. The molecular formula is C10H20O2. The summed E-state index contributed by atoms with van der Waals surface area (Å²) in [6.45, 7) is 7.32. The van der Waals surface area contributed by atoms with Crippen LogP contribution in [0, 0.1) is 11.8 Å². The Morgan fingerprint density at radius 1 is 0.833 bits per heavy atom. The Kier molecular flexibility index (Phi) is 2.26. The molecule has 0 aromatic carbocycles. The van der Waals surface area contributed by atoms with E-state index in [1.165, 1.54) is 0 Å². The van der Waals surface area contributed by atoms with Gasteiger partial charge in [-0.2, -0.15) is 0 Å². The van der Waals surface area contributed by atoms with Gasteiger partial charge in [-0.1, -0.05) is 0 Å². The molecule has 1 aliphatic carbocycles. The Morgan fingerprint density at radius 2 is 1.08 bits per heavy atom. The predicted molar refractivity (Wildman–Crippen MR) is 48.8 cm³/mol. The van der Waals surface area contributed by atoms with E-state index < -0.39 is 11.2 Å². The maximum absolute atomic E-state index is 9.76. The van der Waals surface area contributed by atoms with Crippen molar-refractivity contribution in [3.63, 3.8) is 0 Å². The molecule has 0 aromatic heterocycles. The van der Waals surface area contributed by atoms with Crippen LogP contribution < -0.4 is 0 Å². The molecule has 2 atom stereocenters. The first-order valence-electron chi connectivity index (χ1n) is 4.67. The van der Waals surface area contributed by atoms with Crippen LogP contribution in [0.15, 0.2) is 0 Å². The highest BCUT2D eigenvalue weighted by Crippen LogP contribution is 2.46. The monoisotopic (exact) mass is 172 g/mol. The van der Waals surface area contributed by atoms with Crippen molar-refractivity contribution < 1.29 is 10.2 Å². The van der Waals surface area contributed by atoms with Gasteiger partial charge in [0.05, 0.1) is 11.2 Å². The Labute approximate surface area is 74.6 Å². The minimum absolute atomic E-state index is 0.262. The lowest BCUT2D eigenvalue weighted by Gasteiger charge is -2.49. The molecule has 1 fully saturated rings. The van der Waals surface area contributed by atoms with Crippen LogP contribution in [0.2, 0.25) is 0 Å². The summed E-state index contributed by atoms with van der Waals surface area (Å²) in [6, 6.07) is 0. The van der Waals surface area contributed by atoms with Crippen LogP contribution >= 0.6 is 0 Å². The Hall–Kier alpha value is -0.0800. The van der Waals surface area contributed by atoms with Gasteiger partial charge in [-0.05, 0) is 52.4 Å². The molecule has 0 amide bonds. The van der Waals surface area contributed by atoms with Crippen LogP contribution in [-0.2, 0) is 0 Å². The highest BCUT2D eigenvalue weighted by molar-refractivity contribution is 4.97. The van der Waals surface area contributed by atoms with Gasteiger partial charge in [-0.3, -0.25) is 0 Å². The van der Waals surface area contributed by atoms with E-state index in [0.29, 0.717) is 0 Å². The van der Waals surface area contributed by atoms with E-state index >= 15 is 0 Å². The lowest BCUT2D eigenvalue weighted by molar-refractivity contribution is -0.129. The molecule has 0 bridgehead atoms. The first-order chi connectivity index (χ1) is 5.23. The molecule has 12 heavy (non-hydrogen) atoms. The lowest BCUT2D eigenvalue weighted by atomic mass is 9.60. The van der Waals surface area contributed by atoms with E-state index in [2.05, 4.69) is 0 Å². The second-order valence-corrected chi connectivity index (χ2v) is 5.10. The highest BCUT2D eigenvalue weighted by Gasteiger charge is 2.47. The molecule has 2 heteroatoms. The normalized spacial score (nSPS) is 31.5. The zero-order valence-electron chi connectivity index (χ0n) is 8.46. The first-order valence-corrected chi connectivity index (χ1v) is 4.67. The summed E-state index contributed by atoms with van der Waals surface area (Å²) in [5.74, 6) is 0.523. The summed E-state index contributed by atoms with van der Waals surface area (Å²) in [7, 11) is 0. The van der Waals surface area contributed by atoms with Gasteiger partial charge in [0.1, 0.15) is 0 Å². The van der Waals surface area contributed by atoms with E-state index in [4.69, 9.17) is 0 Å². The molecule has 1 saturated carbocycles. The molecule has 0 radical (unpaired) electrons.